The molecule has 0 spiro atoms. The molecule has 0 aromatic carbocycles. The summed E-state index contributed by atoms with van der Waals surface area (Å²) in [5.74, 6) is 0.864. The first-order chi connectivity index (χ1) is 10.9. The van der Waals surface area contributed by atoms with Crippen LogP contribution >= 0.6 is 0 Å². The Balaban J connectivity index is 2.25. The summed E-state index contributed by atoms with van der Waals surface area (Å²) in [5, 5.41) is 6.80. The molecule has 0 aliphatic rings. The van der Waals surface area contributed by atoms with Gasteiger partial charge in [-0.25, -0.2) is 14.6 Å². The predicted molar refractivity (Wildman–Crippen MR) is 87.6 cm³/mol. The van der Waals surface area contributed by atoms with Crippen molar-refractivity contribution in [3.63, 3.8) is 0 Å². The Morgan fingerprint density at radius 2 is 2.04 bits per heavy atom. The van der Waals surface area contributed by atoms with Gasteiger partial charge in [0.25, 0.3) is 11.5 Å². The molecule has 0 aliphatic carbocycles. The molecule has 0 fully saturated rings. The smallest absolute Gasteiger partial charge is 0.277 e. The number of aryl methyl sites for hydroxylation is 2. The first-order valence-corrected chi connectivity index (χ1v) is 7.65. The molecular weight excluding hydrogens is 294 g/mol. The third-order valence-corrected chi connectivity index (χ3v) is 3.16. The Morgan fingerprint density at radius 3 is 2.70 bits per heavy atom. The molecular formula is C16H21N5O2. The zero-order chi connectivity index (χ0) is 17.0. The minimum atomic E-state index is -0.400. The van der Waals surface area contributed by atoms with Crippen LogP contribution in [0.5, 0.6) is 0 Å². The molecule has 0 radical (unpaired) electrons. The van der Waals surface area contributed by atoms with Crippen LogP contribution in [0.4, 0.5) is 5.82 Å². The highest BCUT2D eigenvalue weighted by molar-refractivity contribution is 6.02. The largest absolute Gasteiger partial charge is 0.305 e. The van der Waals surface area contributed by atoms with Crippen LogP contribution in [0.15, 0.2) is 23.0 Å². The van der Waals surface area contributed by atoms with E-state index in [1.807, 2.05) is 27.7 Å². The third kappa shape index (κ3) is 4.21. The lowest BCUT2D eigenvalue weighted by molar-refractivity contribution is 0.101. The van der Waals surface area contributed by atoms with Gasteiger partial charge in [-0.3, -0.25) is 9.59 Å². The number of hydrogen-bond donors (Lipinski definition) is 1. The number of nitrogens with one attached hydrogen (secondary N) is 1. The lowest BCUT2D eigenvalue weighted by Crippen LogP contribution is -2.26. The second-order valence-corrected chi connectivity index (χ2v) is 5.64. The molecule has 0 unspecified atom stereocenters. The maximum atomic E-state index is 12.3. The second kappa shape index (κ2) is 7.13. The van der Waals surface area contributed by atoms with Crippen molar-refractivity contribution in [3.8, 4) is 0 Å². The normalized spacial score (nSPS) is 10.8. The van der Waals surface area contributed by atoms with Crippen molar-refractivity contribution < 1.29 is 4.79 Å². The summed E-state index contributed by atoms with van der Waals surface area (Å²) in [6, 6.07) is 4.47. The van der Waals surface area contributed by atoms with E-state index in [1.54, 1.807) is 6.07 Å². The van der Waals surface area contributed by atoms with Crippen molar-refractivity contribution >= 4 is 11.7 Å². The molecule has 0 atom stereocenters. The van der Waals surface area contributed by atoms with Crippen LogP contribution in [0.1, 0.15) is 55.1 Å². The fourth-order valence-electron chi connectivity index (χ4n) is 2.04. The molecule has 1 amide bonds. The van der Waals surface area contributed by atoms with Crippen LogP contribution in [0.3, 0.4) is 0 Å². The van der Waals surface area contributed by atoms with Gasteiger partial charge in [-0.05, 0) is 19.4 Å². The van der Waals surface area contributed by atoms with Gasteiger partial charge in [0.2, 0.25) is 0 Å². The average molecular weight is 315 g/mol. The molecule has 1 N–H and O–H groups in total. The highest BCUT2D eigenvalue weighted by Crippen LogP contribution is 2.14. The fraction of sp³-hybridized carbons (Fsp3) is 0.438. The first-order valence-electron chi connectivity index (χ1n) is 7.65. The second-order valence-electron chi connectivity index (χ2n) is 5.64. The number of anilines is 1. The van der Waals surface area contributed by atoms with Crippen molar-refractivity contribution in [1.82, 2.24) is 19.7 Å². The van der Waals surface area contributed by atoms with Gasteiger partial charge in [0.05, 0.1) is 0 Å². The molecule has 2 aromatic rings. The quantitative estimate of drug-likeness (QED) is 0.913. The van der Waals surface area contributed by atoms with Crippen LogP contribution in [0.25, 0.3) is 0 Å². The average Bonchev–Trinajstić information content (AvgIpc) is 2.49. The molecule has 0 aliphatic heterocycles. The van der Waals surface area contributed by atoms with E-state index < -0.39 is 5.91 Å². The Kier molecular flexibility index (Phi) is 5.20. The van der Waals surface area contributed by atoms with Gasteiger partial charge in [0, 0.05) is 30.3 Å². The van der Waals surface area contributed by atoms with Crippen LogP contribution in [-0.2, 0) is 6.54 Å². The highest BCUT2D eigenvalue weighted by atomic mass is 16.2. The molecule has 122 valence electrons. The molecule has 7 nitrogen and oxygen atoms in total. The summed E-state index contributed by atoms with van der Waals surface area (Å²) >= 11 is 0. The van der Waals surface area contributed by atoms with Gasteiger partial charge in [0.1, 0.15) is 17.3 Å². The topological polar surface area (TPSA) is 89.8 Å². The Hall–Kier alpha value is -2.57. The van der Waals surface area contributed by atoms with E-state index in [0.717, 1.165) is 12.1 Å². The molecule has 2 aromatic heterocycles. The monoisotopic (exact) mass is 315 g/mol. The van der Waals surface area contributed by atoms with Crippen molar-refractivity contribution in [2.45, 2.75) is 46.6 Å². The summed E-state index contributed by atoms with van der Waals surface area (Å²) in [6.07, 6.45) is 0.765. The zero-order valence-electron chi connectivity index (χ0n) is 13.8. The van der Waals surface area contributed by atoms with Gasteiger partial charge in [-0.1, -0.05) is 20.8 Å². The lowest BCUT2D eigenvalue weighted by Gasteiger charge is -2.10. The van der Waals surface area contributed by atoms with Gasteiger partial charge in [-0.2, -0.15) is 5.10 Å². The van der Waals surface area contributed by atoms with Gasteiger partial charge >= 0.3 is 0 Å². The highest BCUT2D eigenvalue weighted by Gasteiger charge is 2.12. The van der Waals surface area contributed by atoms with Crippen LogP contribution in [0.2, 0.25) is 0 Å². The molecule has 0 saturated heterocycles. The van der Waals surface area contributed by atoms with E-state index in [-0.39, 0.29) is 17.2 Å². The zero-order valence-corrected chi connectivity index (χ0v) is 13.8. The predicted octanol–water partition coefficient (Wildman–Crippen LogP) is 2.13. The summed E-state index contributed by atoms with van der Waals surface area (Å²) in [5.41, 5.74) is 0.742. The van der Waals surface area contributed by atoms with Crippen molar-refractivity contribution in [2.24, 2.45) is 0 Å². The summed E-state index contributed by atoms with van der Waals surface area (Å²) < 4.78 is 1.29. The Morgan fingerprint density at radius 1 is 1.30 bits per heavy atom. The lowest BCUT2D eigenvalue weighted by atomic mass is 10.2. The summed E-state index contributed by atoms with van der Waals surface area (Å²) in [6.45, 7) is 8.25. The molecule has 23 heavy (non-hydrogen) atoms. The summed E-state index contributed by atoms with van der Waals surface area (Å²) in [4.78, 5) is 32.7. The standard InChI is InChI=1S/C16H21N5O2/c1-5-8-21-14(22)7-6-12(20-21)16(23)19-13-9-11(4)17-15(18-13)10(2)3/h6-7,9-10H,5,8H2,1-4H3,(H,17,18,19,23). The number of nitrogens with zero attached hydrogens (tertiary/aromatic N) is 4. The Bertz CT molecular complexity index is 767. The van der Waals surface area contributed by atoms with Gasteiger partial charge in [-0.15, -0.1) is 0 Å². The first kappa shape index (κ1) is 16.8. The maximum absolute atomic E-state index is 12.3. The number of aromatic nitrogens is 4. The number of rotatable bonds is 5. The van der Waals surface area contributed by atoms with Crippen molar-refractivity contribution in [1.29, 1.82) is 0 Å². The molecule has 2 rings (SSSR count). The molecule has 7 heteroatoms. The van der Waals surface area contributed by atoms with E-state index in [1.165, 1.54) is 16.8 Å². The van der Waals surface area contributed by atoms with Crippen LogP contribution < -0.4 is 10.9 Å². The van der Waals surface area contributed by atoms with E-state index >= 15 is 0 Å². The third-order valence-electron chi connectivity index (χ3n) is 3.16. The van der Waals surface area contributed by atoms with Gasteiger partial charge in [0.15, 0.2) is 0 Å². The SMILES string of the molecule is CCCn1nc(C(=O)Nc2cc(C)nc(C(C)C)n2)ccc1=O. The number of carbonyl (C=O) groups is 1. The van der Waals surface area contributed by atoms with E-state index in [2.05, 4.69) is 20.4 Å². The van der Waals surface area contributed by atoms with Crippen LogP contribution in [-0.4, -0.2) is 25.7 Å². The molecule has 0 saturated carbocycles. The maximum Gasteiger partial charge on any atom is 0.277 e. The number of amides is 1. The number of hydrogen-bond acceptors (Lipinski definition) is 5. The minimum Gasteiger partial charge on any atom is -0.305 e. The Labute approximate surface area is 134 Å². The molecule has 0 bridgehead atoms. The fourth-order valence-corrected chi connectivity index (χ4v) is 2.04. The summed E-state index contributed by atoms with van der Waals surface area (Å²) in [7, 11) is 0. The number of carbonyl (C=O) groups excluding carboxylic acids is 1. The van der Waals surface area contributed by atoms with E-state index in [4.69, 9.17) is 0 Å². The minimum absolute atomic E-state index is 0.162. The molecule has 2 heterocycles. The van der Waals surface area contributed by atoms with E-state index in [9.17, 15) is 9.59 Å². The van der Waals surface area contributed by atoms with Crippen LogP contribution in [0, 0.1) is 6.92 Å². The van der Waals surface area contributed by atoms with E-state index in [0.29, 0.717) is 18.2 Å². The van der Waals surface area contributed by atoms with Crippen molar-refractivity contribution in [3.05, 3.63) is 45.8 Å². The van der Waals surface area contributed by atoms with Crippen molar-refractivity contribution in [2.75, 3.05) is 5.32 Å². The van der Waals surface area contributed by atoms with Gasteiger partial charge < -0.3 is 5.32 Å².